The van der Waals surface area contributed by atoms with Gasteiger partial charge in [-0.3, -0.25) is 4.98 Å². The average Bonchev–Trinajstić information content (AvgIpc) is 2.86. The van der Waals surface area contributed by atoms with Gasteiger partial charge in [-0.25, -0.2) is 19.2 Å². The van der Waals surface area contributed by atoms with E-state index in [1.807, 2.05) is 42.5 Å². The van der Waals surface area contributed by atoms with E-state index in [1.165, 1.54) is 12.1 Å². The molecule has 2 heterocycles. The Morgan fingerprint density at radius 3 is 2.42 bits per heavy atom. The van der Waals surface area contributed by atoms with Gasteiger partial charge in [-0.1, -0.05) is 41.9 Å². The van der Waals surface area contributed by atoms with Gasteiger partial charge in [-0.2, -0.15) is 0 Å². The summed E-state index contributed by atoms with van der Waals surface area (Å²) in [6.07, 6.45) is 3.39. The molecule has 0 aliphatic heterocycles. The topological polar surface area (TPSA) is 55.1 Å². The van der Waals surface area contributed by atoms with Gasteiger partial charge in [-0.15, -0.1) is 0 Å². The van der Waals surface area contributed by atoms with Crippen LogP contribution in [0.1, 0.15) is 0 Å². The SMILES string of the molecule is [C-]#[N+]c1ccc(-c2ccc3nc(-c4cccnc4)nc(Nc4ccc(F)c(Cl)c4)c3c2)cc1. The van der Waals surface area contributed by atoms with E-state index in [2.05, 4.69) is 15.1 Å². The van der Waals surface area contributed by atoms with E-state index in [0.717, 1.165) is 27.6 Å². The summed E-state index contributed by atoms with van der Waals surface area (Å²) in [6, 6.07) is 21.4. The van der Waals surface area contributed by atoms with Crippen LogP contribution in [0.25, 0.3) is 38.3 Å². The highest BCUT2D eigenvalue weighted by Crippen LogP contribution is 2.32. The number of hydrogen-bond donors (Lipinski definition) is 1. The Labute approximate surface area is 194 Å². The van der Waals surface area contributed by atoms with Gasteiger partial charge in [0, 0.05) is 29.0 Å². The highest BCUT2D eigenvalue weighted by atomic mass is 35.5. The van der Waals surface area contributed by atoms with Gasteiger partial charge in [0.25, 0.3) is 0 Å². The first-order valence-corrected chi connectivity index (χ1v) is 10.4. The molecule has 0 bridgehead atoms. The van der Waals surface area contributed by atoms with Crippen molar-refractivity contribution in [2.24, 2.45) is 0 Å². The van der Waals surface area contributed by atoms with E-state index in [1.54, 1.807) is 30.6 Å². The Kier molecular flexibility index (Phi) is 5.39. The summed E-state index contributed by atoms with van der Waals surface area (Å²) in [5.74, 6) is 0.581. The Morgan fingerprint density at radius 2 is 1.70 bits per heavy atom. The predicted molar refractivity (Wildman–Crippen MR) is 129 cm³/mol. The molecule has 5 rings (SSSR count). The second-order valence-electron chi connectivity index (χ2n) is 7.28. The quantitative estimate of drug-likeness (QED) is 0.288. The molecular weight excluding hydrogens is 437 g/mol. The van der Waals surface area contributed by atoms with Gasteiger partial charge < -0.3 is 5.32 Å². The van der Waals surface area contributed by atoms with Gasteiger partial charge >= 0.3 is 0 Å². The molecule has 0 amide bonds. The van der Waals surface area contributed by atoms with Crippen LogP contribution in [-0.4, -0.2) is 15.0 Å². The first kappa shape index (κ1) is 20.6. The number of fused-ring (bicyclic) bond motifs is 1. The molecule has 1 N–H and O–H groups in total. The zero-order valence-corrected chi connectivity index (χ0v) is 17.9. The molecule has 0 aliphatic carbocycles. The lowest BCUT2D eigenvalue weighted by molar-refractivity contribution is 0.628. The molecule has 0 atom stereocenters. The Morgan fingerprint density at radius 1 is 0.879 bits per heavy atom. The molecule has 158 valence electrons. The van der Waals surface area contributed by atoms with Crippen LogP contribution in [0, 0.1) is 12.4 Å². The van der Waals surface area contributed by atoms with E-state index >= 15 is 0 Å². The second kappa shape index (κ2) is 8.65. The number of rotatable bonds is 4. The number of aromatic nitrogens is 3. The van der Waals surface area contributed by atoms with Gasteiger partial charge in [0.15, 0.2) is 11.5 Å². The van der Waals surface area contributed by atoms with Gasteiger partial charge in [0.2, 0.25) is 0 Å². The molecule has 3 aromatic carbocycles. The third kappa shape index (κ3) is 4.22. The molecule has 2 aromatic heterocycles. The molecule has 33 heavy (non-hydrogen) atoms. The molecule has 5 aromatic rings. The maximum atomic E-state index is 13.7. The summed E-state index contributed by atoms with van der Waals surface area (Å²) in [5.41, 5.74) is 4.62. The number of halogens is 2. The standard InChI is InChI=1S/C26H15ClFN5/c1-29-19-7-4-16(5-8-19)17-6-11-24-21(13-17)26(31-20-9-10-23(28)22(27)14-20)33-25(32-24)18-3-2-12-30-15-18/h2-15H,(H,31,32,33). The molecule has 0 aliphatic rings. The minimum Gasteiger partial charge on any atom is -0.340 e. The van der Waals surface area contributed by atoms with Crippen LogP contribution in [0.2, 0.25) is 5.02 Å². The van der Waals surface area contributed by atoms with Crippen LogP contribution in [0.4, 0.5) is 21.6 Å². The maximum Gasteiger partial charge on any atom is 0.187 e. The number of nitrogens with one attached hydrogen (secondary N) is 1. The normalized spacial score (nSPS) is 10.7. The Bertz CT molecular complexity index is 1510. The monoisotopic (exact) mass is 451 g/mol. The van der Waals surface area contributed by atoms with Crippen LogP contribution in [0.3, 0.4) is 0 Å². The molecule has 0 saturated heterocycles. The molecule has 0 unspecified atom stereocenters. The van der Waals surface area contributed by atoms with Crippen molar-refractivity contribution in [3.05, 3.63) is 107 Å². The summed E-state index contributed by atoms with van der Waals surface area (Å²) >= 11 is 5.98. The summed E-state index contributed by atoms with van der Waals surface area (Å²) in [5, 5.41) is 4.07. The van der Waals surface area contributed by atoms with Crippen LogP contribution in [-0.2, 0) is 0 Å². The number of pyridine rings is 1. The number of hydrogen-bond acceptors (Lipinski definition) is 4. The summed E-state index contributed by atoms with van der Waals surface area (Å²) in [7, 11) is 0. The largest absolute Gasteiger partial charge is 0.340 e. The maximum absolute atomic E-state index is 13.7. The minimum absolute atomic E-state index is 0.0198. The Balaban J connectivity index is 1.66. The number of benzene rings is 3. The van der Waals surface area contributed by atoms with E-state index in [0.29, 0.717) is 23.0 Å². The van der Waals surface area contributed by atoms with Gasteiger partial charge in [0.1, 0.15) is 11.6 Å². The fourth-order valence-electron chi connectivity index (χ4n) is 3.47. The van der Waals surface area contributed by atoms with E-state index < -0.39 is 5.82 Å². The lowest BCUT2D eigenvalue weighted by Crippen LogP contribution is -2.00. The molecule has 0 saturated carbocycles. The molecule has 0 spiro atoms. The first-order valence-electron chi connectivity index (χ1n) is 10.0. The van der Waals surface area contributed by atoms with Crippen LogP contribution >= 0.6 is 11.6 Å². The average molecular weight is 452 g/mol. The minimum atomic E-state index is -0.490. The smallest absolute Gasteiger partial charge is 0.187 e. The zero-order valence-electron chi connectivity index (χ0n) is 17.1. The van der Waals surface area contributed by atoms with E-state index in [-0.39, 0.29) is 5.02 Å². The highest BCUT2D eigenvalue weighted by molar-refractivity contribution is 6.31. The van der Waals surface area contributed by atoms with Crippen molar-refractivity contribution in [1.82, 2.24) is 15.0 Å². The Hall–Kier alpha value is -4.34. The second-order valence-corrected chi connectivity index (χ2v) is 7.69. The number of anilines is 2. The van der Waals surface area contributed by atoms with Gasteiger partial charge in [-0.05, 0) is 53.6 Å². The zero-order chi connectivity index (χ0) is 22.8. The molecule has 0 radical (unpaired) electrons. The lowest BCUT2D eigenvalue weighted by Gasteiger charge is -2.13. The molecular formula is C26H15ClFN5. The molecule has 5 nitrogen and oxygen atoms in total. The third-order valence-corrected chi connectivity index (χ3v) is 5.42. The van der Waals surface area contributed by atoms with Crippen molar-refractivity contribution in [3.63, 3.8) is 0 Å². The van der Waals surface area contributed by atoms with Gasteiger partial charge in [0.05, 0.1) is 17.1 Å². The number of nitrogens with zero attached hydrogens (tertiary/aromatic N) is 4. The summed E-state index contributed by atoms with van der Waals surface area (Å²) < 4.78 is 13.7. The van der Waals surface area contributed by atoms with Crippen molar-refractivity contribution < 1.29 is 4.39 Å². The van der Waals surface area contributed by atoms with Crippen LogP contribution in [0.5, 0.6) is 0 Å². The van der Waals surface area contributed by atoms with Crippen LogP contribution < -0.4 is 5.32 Å². The van der Waals surface area contributed by atoms with Crippen molar-refractivity contribution in [2.75, 3.05) is 5.32 Å². The summed E-state index contributed by atoms with van der Waals surface area (Å²) in [6.45, 7) is 7.14. The fraction of sp³-hybridized carbons (Fsp3) is 0. The van der Waals surface area contributed by atoms with Crippen molar-refractivity contribution in [3.8, 4) is 22.5 Å². The third-order valence-electron chi connectivity index (χ3n) is 5.13. The predicted octanol–water partition coefficient (Wildman–Crippen LogP) is 7.45. The lowest BCUT2D eigenvalue weighted by atomic mass is 10.0. The van der Waals surface area contributed by atoms with Crippen LogP contribution in [0.15, 0.2) is 85.2 Å². The van der Waals surface area contributed by atoms with Crippen molar-refractivity contribution in [2.45, 2.75) is 0 Å². The summed E-state index contributed by atoms with van der Waals surface area (Å²) in [4.78, 5) is 17.1. The molecule has 0 fully saturated rings. The van der Waals surface area contributed by atoms with E-state index in [9.17, 15) is 4.39 Å². The molecule has 7 heteroatoms. The van der Waals surface area contributed by atoms with Crippen molar-refractivity contribution >= 4 is 39.7 Å². The first-order chi connectivity index (χ1) is 16.1. The van der Waals surface area contributed by atoms with E-state index in [4.69, 9.17) is 28.1 Å². The fourth-order valence-corrected chi connectivity index (χ4v) is 3.65. The van der Waals surface area contributed by atoms with Crippen molar-refractivity contribution in [1.29, 1.82) is 0 Å². The highest BCUT2D eigenvalue weighted by Gasteiger charge is 2.12.